The molecule has 0 aliphatic rings. The predicted molar refractivity (Wildman–Crippen MR) is 49.5 cm³/mol. The van der Waals surface area contributed by atoms with Gasteiger partial charge < -0.3 is 4.74 Å². The lowest BCUT2D eigenvalue weighted by Gasteiger charge is -2.05. The van der Waals surface area contributed by atoms with Gasteiger partial charge in [0.15, 0.2) is 11.6 Å². The number of rotatable bonds is 2. The van der Waals surface area contributed by atoms with Crippen molar-refractivity contribution in [3.05, 3.63) is 54.4 Å². The minimum Gasteiger partial charge on any atom is -0.454 e. The highest BCUT2D eigenvalue weighted by Gasteiger charge is 2.05. The molecule has 75 valence electrons. The molecule has 1 heterocycles. The van der Waals surface area contributed by atoms with Gasteiger partial charge in [-0.15, -0.1) is 0 Å². The molecule has 2 rings (SSSR count). The van der Waals surface area contributed by atoms with Crippen molar-refractivity contribution in [2.24, 2.45) is 0 Å². The molecule has 1 aromatic heterocycles. The van der Waals surface area contributed by atoms with Gasteiger partial charge in [-0.2, -0.15) is 0 Å². The molecule has 0 aliphatic carbocycles. The summed E-state index contributed by atoms with van der Waals surface area (Å²) in [7, 11) is 0. The summed E-state index contributed by atoms with van der Waals surface area (Å²) in [6.07, 6.45) is 4.01. The third kappa shape index (κ3) is 2.28. The number of aromatic nitrogens is 1. The van der Waals surface area contributed by atoms with Crippen LogP contribution in [0.3, 0.4) is 0 Å². The van der Waals surface area contributed by atoms with Crippen LogP contribution in [0.2, 0.25) is 0 Å². The lowest BCUT2D eigenvalue weighted by atomic mass is 10.3. The lowest BCUT2D eigenvalue weighted by molar-refractivity contribution is 0.437. The fraction of sp³-hybridized carbons (Fsp3) is 0. The zero-order chi connectivity index (χ0) is 10.7. The van der Waals surface area contributed by atoms with Crippen LogP contribution in [-0.4, -0.2) is 4.98 Å². The lowest BCUT2D eigenvalue weighted by Crippen LogP contribution is -1.89. The van der Waals surface area contributed by atoms with E-state index in [-0.39, 0.29) is 5.75 Å². The van der Waals surface area contributed by atoms with Crippen molar-refractivity contribution in [1.82, 2.24) is 4.98 Å². The standard InChI is InChI=1S/C11H6F2NO/c12-8-1-2-11(10(13)7-8)15-9-3-5-14-6-4-9/h1-5,7H. The van der Waals surface area contributed by atoms with E-state index in [2.05, 4.69) is 11.2 Å². The van der Waals surface area contributed by atoms with E-state index in [1.165, 1.54) is 18.3 Å². The molecular weight excluding hydrogens is 200 g/mol. The minimum absolute atomic E-state index is 0.0315. The average molecular weight is 206 g/mol. The van der Waals surface area contributed by atoms with Crippen molar-refractivity contribution in [3.63, 3.8) is 0 Å². The minimum atomic E-state index is -0.744. The summed E-state index contributed by atoms with van der Waals surface area (Å²) in [5.41, 5.74) is 0. The smallest absolute Gasteiger partial charge is 0.168 e. The van der Waals surface area contributed by atoms with Crippen LogP contribution < -0.4 is 4.74 Å². The molecule has 0 saturated carbocycles. The number of halogens is 2. The molecule has 0 aliphatic heterocycles. The zero-order valence-electron chi connectivity index (χ0n) is 7.58. The summed E-state index contributed by atoms with van der Waals surface area (Å²) in [5.74, 6) is -1.01. The molecular formula is C11H6F2NO. The first-order chi connectivity index (χ1) is 7.25. The van der Waals surface area contributed by atoms with Crippen LogP contribution >= 0.6 is 0 Å². The van der Waals surface area contributed by atoms with E-state index < -0.39 is 11.6 Å². The maximum Gasteiger partial charge on any atom is 0.168 e. The molecule has 0 unspecified atom stereocenters. The van der Waals surface area contributed by atoms with Gasteiger partial charge in [0.25, 0.3) is 0 Å². The predicted octanol–water partition coefficient (Wildman–Crippen LogP) is 2.95. The van der Waals surface area contributed by atoms with Gasteiger partial charge in [0, 0.05) is 18.3 Å². The molecule has 0 spiro atoms. The van der Waals surface area contributed by atoms with E-state index in [1.54, 1.807) is 6.07 Å². The number of benzene rings is 1. The second kappa shape index (κ2) is 4.04. The SMILES string of the molecule is Fc1ccc(Oc2c[c]ncc2)c(F)c1. The van der Waals surface area contributed by atoms with Crippen molar-refractivity contribution in [2.45, 2.75) is 0 Å². The molecule has 0 atom stereocenters. The summed E-state index contributed by atoms with van der Waals surface area (Å²) in [5, 5.41) is 0. The van der Waals surface area contributed by atoms with E-state index in [9.17, 15) is 8.78 Å². The van der Waals surface area contributed by atoms with Crippen LogP contribution in [0.4, 0.5) is 8.78 Å². The fourth-order valence-electron chi connectivity index (χ4n) is 1.05. The van der Waals surface area contributed by atoms with E-state index >= 15 is 0 Å². The first kappa shape index (κ1) is 9.58. The van der Waals surface area contributed by atoms with Crippen molar-refractivity contribution in [2.75, 3.05) is 0 Å². The van der Waals surface area contributed by atoms with Gasteiger partial charge in [0.05, 0.1) is 6.20 Å². The van der Waals surface area contributed by atoms with Crippen LogP contribution in [0.25, 0.3) is 0 Å². The quantitative estimate of drug-likeness (QED) is 0.753. The second-order valence-electron chi connectivity index (χ2n) is 2.80. The van der Waals surface area contributed by atoms with E-state index in [0.717, 1.165) is 12.1 Å². The van der Waals surface area contributed by atoms with Crippen LogP contribution in [0.15, 0.2) is 36.5 Å². The van der Waals surface area contributed by atoms with Gasteiger partial charge in [0.2, 0.25) is 0 Å². The molecule has 1 radical (unpaired) electrons. The van der Waals surface area contributed by atoms with Gasteiger partial charge >= 0.3 is 0 Å². The van der Waals surface area contributed by atoms with Gasteiger partial charge in [-0.05, 0) is 18.2 Å². The summed E-state index contributed by atoms with van der Waals surface area (Å²) in [6.45, 7) is 0. The topological polar surface area (TPSA) is 22.1 Å². The number of hydrogen-bond donors (Lipinski definition) is 0. The van der Waals surface area contributed by atoms with Crippen LogP contribution in [0, 0.1) is 17.8 Å². The van der Waals surface area contributed by atoms with Gasteiger partial charge in [-0.25, -0.2) is 8.78 Å². The van der Waals surface area contributed by atoms with Gasteiger partial charge in [0.1, 0.15) is 11.6 Å². The largest absolute Gasteiger partial charge is 0.454 e. The van der Waals surface area contributed by atoms with Crippen molar-refractivity contribution in [3.8, 4) is 11.5 Å². The Morgan fingerprint density at radius 3 is 2.73 bits per heavy atom. The van der Waals surface area contributed by atoms with E-state index in [1.807, 2.05) is 0 Å². The van der Waals surface area contributed by atoms with Gasteiger partial charge in [-0.1, -0.05) is 0 Å². The first-order valence-electron chi connectivity index (χ1n) is 4.21. The highest BCUT2D eigenvalue weighted by Crippen LogP contribution is 2.23. The summed E-state index contributed by atoms with van der Waals surface area (Å²) in [4.78, 5) is 3.66. The third-order valence-corrected chi connectivity index (χ3v) is 1.72. The Balaban J connectivity index is 2.25. The van der Waals surface area contributed by atoms with Crippen molar-refractivity contribution < 1.29 is 13.5 Å². The Morgan fingerprint density at radius 2 is 2.07 bits per heavy atom. The zero-order valence-corrected chi connectivity index (χ0v) is 7.58. The molecule has 0 N–H and O–H groups in total. The summed E-state index contributed by atoms with van der Waals surface area (Å²) >= 11 is 0. The molecule has 4 heteroatoms. The molecule has 15 heavy (non-hydrogen) atoms. The monoisotopic (exact) mass is 206 g/mol. The number of pyridine rings is 1. The Morgan fingerprint density at radius 1 is 1.20 bits per heavy atom. The van der Waals surface area contributed by atoms with Crippen LogP contribution in [0.1, 0.15) is 0 Å². The second-order valence-corrected chi connectivity index (χ2v) is 2.80. The van der Waals surface area contributed by atoms with Crippen molar-refractivity contribution in [1.29, 1.82) is 0 Å². The molecule has 0 bridgehead atoms. The average Bonchev–Trinajstić information content (AvgIpc) is 2.24. The molecule has 1 aromatic carbocycles. The molecule has 2 nitrogen and oxygen atoms in total. The number of ether oxygens (including phenoxy) is 1. The Bertz CT molecular complexity index is 459. The summed E-state index contributed by atoms with van der Waals surface area (Å²) in [6, 6.07) is 6.14. The highest BCUT2D eigenvalue weighted by molar-refractivity contribution is 5.30. The fourth-order valence-corrected chi connectivity index (χ4v) is 1.05. The summed E-state index contributed by atoms with van der Waals surface area (Å²) < 4.78 is 30.9. The van der Waals surface area contributed by atoms with Crippen LogP contribution in [0.5, 0.6) is 11.5 Å². The number of nitrogens with zero attached hydrogens (tertiary/aromatic N) is 1. The van der Waals surface area contributed by atoms with Gasteiger partial charge in [-0.3, -0.25) is 4.98 Å². The first-order valence-corrected chi connectivity index (χ1v) is 4.21. The maximum absolute atomic E-state index is 13.1. The molecule has 2 aromatic rings. The van der Waals surface area contributed by atoms with E-state index in [0.29, 0.717) is 5.75 Å². The maximum atomic E-state index is 13.1. The Labute approximate surface area is 85.2 Å². The molecule has 0 amide bonds. The third-order valence-electron chi connectivity index (χ3n) is 1.72. The van der Waals surface area contributed by atoms with E-state index in [4.69, 9.17) is 4.74 Å². The van der Waals surface area contributed by atoms with Crippen LogP contribution in [-0.2, 0) is 0 Å². The highest BCUT2D eigenvalue weighted by atomic mass is 19.1. The molecule has 0 saturated heterocycles. The van der Waals surface area contributed by atoms with Crippen molar-refractivity contribution >= 4 is 0 Å². The Kier molecular flexibility index (Phi) is 2.58. The Hall–Kier alpha value is -1.97. The number of hydrogen-bond acceptors (Lipinski definition) is 2. The molecule has 0 fully saturated rings. The normalized spacial score (nSPS) is 10.0.